The van der Waals surface area contributed by atoms with Gasteiger partial charge in [-0.25, -0.2) is 4.98 Å². The summed E-state index contributed by atoms with van der Waals surface area (Å²) in [6.45, 7) is -0.695. The number of nitrogens with one attached hydrogen (secondary N) is 2. The molecule has 2 amide bonds. The first kappa shape index (κ1) is 19.5. The topological polar surface area (TPSA) is 80.3 Å². The van der Waals surface area contributed by atoms with Crippen molar-refractivity contribution in [1.82, 2.24) is 10.3 Å². The number of amides is 2. The molecule has 0 fully saturated rings. The highest BCUT2D eigenvalue weighted by molar-refractivity contribution is 6.30. The van der Waals surface area contributed by atoms with E-state index in [4.69, 9.17) is 16.3 Å². The second-order valence-electron chi connectivity index (χ2n) is 5.00. The Labute approximate surface area is 151 Å². The normalized spacial score (nSPS) is 10.9. The van der Waals surface area contributed by atoms with Crippen LogP contribution >= 0.6 is 11.6 Å². The van der Waals surface area contributed by atoms with Crippen LogP contribution in [-0.4, -0.2) is 29.9 Å². The van der Waals surface area contributed by atoms with Gasteiger partial charge in [0.05, 0.1) is 12.1 Å². The summed E-state index contributed by atoms with van der Waals surface area (Å²) in [5.41, 5.74) is -0.928. The number of anilines is 1. The SMILES string of the molecule is O=C(COc1ccc(Cl)cc1)NCC(=O)Nc1ccc(C(F)(F)F)cn1. The summed E-state index contributed by atoms with van der Waals surface area (Å²) in [7, 11) is 0. The van der Waals surface area contributed by atoms with Crippen LogP contribution in [0, 0.1) is 0 Å². The minimum absolute atomic E-state index is 0.0605. The third kappa shape index (κ3) is 6.25. The van der Waals surface area contributed by atoms with E-state index in [0.717, 1.165) is 12.1 Å². The molecule has 0 spiro atoms. The maximum atomic E-state index is 12.4. The van der Waals surface area contributed by atoms with E-state index in [1.54, 1.807) is 24.3 Å². The Bertz CT molecular complexity index is 765. The van der Waals surface area contributed by atoms with Crippen LogP contribution in [0.1, 0.15) is 5.56 Å². The van der Waals surface area contributed by atoms with Gasteiger partial charge in [0, 0.05) is 11.2 Å². The maximum Gasteiger partial charge on any atom is 0.417 e. The van der Waals surface area contributed by atoms with Gasteiger partial charge in [-0.1, -0.05) is 11.6 Å². The molecule has 26 heavy (non-hydrogen) atoms. The molecular weight excluding hydrogens is 375 g/mol. The van der Waals surface area contributed by atoms with Gasteiger partial charge in [0.2, 0.25) is 5.91 Å². The molecule has 0 aliphatic heterocycles. The van der Waals surface area contributed by atoms with Crippen LogP contribution in [-0.2, 0) is 15.8 Å². The Hall–Kier alpha value is -2.81. The van der Waals surface area contributed by atoms with Gasteiger partial charge >= 0.3 is 6.18 Å². The number of ether oxygens (including phenoxy) is 1. The van der Waals surface area contributed by atoms with Crippen molar-refractivity contribution in [2.24, 2.45) is 0 Å². The van der Waals surface area contributed by atoms with Crippen LogP contribution in [0.25, 0.3) is 0 Å². The largest absolute Gasteiger partial charge is 0.484 e. The van der Waals surface area contributed by atoms with Crippen LogP contribution in [0.2, 0.25) is 5.02 Å². The quantitative estimate of drug-likeness (QED) is 0.798. The first-order valence-corrected chi connectivity index (χ1v) is 7.60. The molecule has 10 heteroatoms. The number of carbonyl (C=O) groups excluding carboxylic acids is 2. The number of aromatic nitrogens is 1. The molecule has 2 rings (SSSR count). The minimum Gasteiger partial charge on any atom is -0.484 e. The highest BCUT2D eigenvalue weighted by Gasteiger charge is 2.30. The van der Waals surface area contributed by atoms with E-state index >= 15 is 0 Å². The number of alkyl halides is 3. The maximum absolute atomic E-state index is 12.4. The fourth-order valence-corrected chi connectivity index (χ4v) is 1.86. The molecule has 1 heterocycles. The molecule has 0 saturated heterocycles. The molecular formula is C16H13ClF3N3O3. The van der Waals surface area contributed by atoms with Crippen molar-refractivity contribution < 1.29 is 27.5 Å². The molecule has 0 aliphatic carbocycles. The Balaban J connectivity index is 1.74. The van der Waals surface area contributed by atoms with E-state index in [-0.39, 0.29) is 19.0 Å². The van der Waals surface area contributed by atoms with Gasteiger partial charge in [0.25, 0.3) is 5.91 Å². The van der Waals surface area contributed by atoms with E-state index in [2.05, 4.69) is 15.6 Å². The van der Waals surface area contributed by atoms with E-state index in [0.29, 0.717) is 17.0 Å². The highest BCUT2D eigenvalue weighted by Crippen LogP contribution is 2.28. The van der Waals surface area contributed by atoms with Crippen LogP contribution in [0.15, 0.2) is 42.6 Å². The first-order valence-electron chi connectivity index (χ1n) is 7.22. The zero-order valence-corrected chi connectivity index (χ0v) is 13.9. The molecule has 0 bridgehead atoms. The van der Waals surface area contributed by atoms with Gasteiger partial charge in [-0.05, 0) is 36.4 Å². The molecule has 0 atom stereocenters. The van der Waals surface area contributed by atoms with Gasteiger partial charge < -0.3 is 15.4 Å². The minimum atomic E-state index is -4.51. The number of rotatable bonds is 6. The second kappa shape index (κ2) is 8.52. The van der Waals surface area contributed by atoms with Gasteiger partial charge in [-0.2, -0.15) is 13.2 Å². The van der Waals surface area contributed by atoms with Gasteiger partial charge in [0.15, 0.2) is 6.61 Å². The summed E-state index contributed by atoms with van der Waals surface area (Å²) < 4.78 is 42.4. The molecule has 0 saturated carbocycles. The van der Waals surface area contributed by atoms with Crippen LogP contribution in [0.5, 0.6) is 5.75 Å². The predicted molar refractivity (Wildman–Crippen MR) is 87.8 cm³/mol. The Kier molecular flexibility index (Phi) is 6.40. The van der Waals surface area contributed by atoms with E-state index < -0.39 is 23.6 Å². The van der Waals surface area contributed by atoms with Crippen LogP contribution < -0.4 is 15.4 Å². The van der Waals surface area contributed by atoms with Gasteiger partial charge in [-0.15, -0.1) is 0 Å². The van der Waals surface area contributed by atoms with E-state index in [9.17, 15) is 22.8 Å². The fraction of sp³-hybridized carbons (Fsp3) is 0.188. The van der Waals surface area contributed by atoms with Crippen molar-refractivity contribution in [2.75, 3.05) is 18.5 Å². The summed E-state index contributed by atoms with van der Waals surface area (Å²) in [5.74, 6) is -0.815. The van der Waals surface area contributed by atoms with Crippen LogP contribution in [0.3, 0.4) is 0 Å². The Morgan fingerprint density at radius 1 is 1.08 bits per heavy atom. The Morgan fingerprint density at radius 2 is 1.77 bits per heavy atom. The van der Waals surface area contributed by atoms with Crippen molar-refractivity contribution in [3.05, 3.63) is 53.2 Å². The fourth-order valence-electron chi connectivity index (χ4n) is 1.73. The molecule has 0 radical (unpaired) electrons. The molecule has 2 N–H and O–H groups in total. The third-order valence-electron chi connectivity index (χ3n) is 2.99. The highest BCUT2D eigenvalue weighted by atomic mass is 35.5. The average molecular weight is 388 g/mol. The lowest BCUT2D eigenvalue weighted by Gasteiger charge is -2.09. The zero-order chi connectivity index (χ0) is 19.2. The summed E-state index contributed by atoms with van der Waals surface area (Å²) >= 11 is 5.72. The number of hydrogen-bond donors (Lipinski definition) is 2. The standard InChI is InChI=1S/C16H13ClF3N3O3/c17-11-2-4-12(5-3-11)26-9-15(25)22-8-14(24)23-13-6-1-10(7-21-13)16(18,19)20/h1-7H,8-9H2,(H,22,25)(H,21,23,24). The van der Waals surface area contributed by atoms with Crippen LogP contribution in [0.4, 0.5) is 19.0 Å². The van der Waals surface area contributed by atoms with Crippen molar-refractivity contribution in [1.29, 1.82) is 0 Å². The molecule has 0 aliphatic rings. The number of benzene rings is 1. The van der Waals surface area contributed by atoms with Crippen molar-refractivity contribution in [3.63, 3.8) is 0 Å². The van der Waals surface area contributed by atoms with Crippen molar-refractivity contribution in [3.8, 4) is 5.75 Å². The molecule has 2 aromatic rings. The summed E-state index contributed by atoms with van der Waals surface area (Å²) in [6, 6.07) is 8.17. The molecule has 0 unspecified atom stereocenters. The Morgan fingerprint density at radius 3 is 2.35 bits per heavy atom. The zero-order valence-electron chi connectivity index (χ0n) is 13.1. The lowest BCUT2D eigenvalue weighted by Crippen LogP contribution is -2.35. The molecule has 1 aromatic carbocycles. The third-order valence-corrected chi connectivity index (χ3v) is 3.24. The number of halogens is 4. The first-order chi connectivity index (χ1) is 12.2. The van der Waals surface area contributed by atoms with Crippen molar-refractivity contribution in [2.45, 2.75) is 6.18 Å². The molecule has 1 aromatic heterocycles. The van der Waals surface area contributed by atoms with Crippen molar-refractivity contribution >= 4 is 29.2 Å². The van der Waals surface area contributed by atoms with Gasteiger partial charge in [-0.3, -0.25) is 9.59 Å². The monoisotopic (exact) mass is 387 g/mol. The summed E-state index contributed by atoms with van der Waals surface area (Å²) in [6.07, 6.45) is -3.90. The number of carbonyl (C=O) groups is 2. The molecule has 6 nitrogen and oxygen atoms in total. The molecule has 138 valence electrons. The summed E-state index contributed by atoms with van der Waals surface area (Å²) in [4.78, 5) is 26.8. The van der Waals surface area contributed by atoms with E-state index in [1.807, 2.05) is 0 Å². The lowest BCUT2D eigenvalue weighted by atomic mass is 10.3. The average Bonchev–Trinajstić information content (AvgIpc) is 2.59. The predicted octanol–water partition coefficient (Wildman–Crippen LogP) is 2.89. The number of nitrogens with zero attached hydrogens (tertiary/aromatic N) is 1. The number of pyridine rings is 1. The lowest BCUT2D eigenvalue weighted by molar-refractivity contribution is -0.137. The van der Waals surface area contributed by atoms with Gasteiger partial charge in [0.1, 0.15) is 11.6 Å². The smallest absolute Gasteiger partial charge is 0.417 e. The second-order valence-corrected chi connectivity index (χ2v) is 5.43. The summed E-state index contributed by atoms with van der Waals surface area (Å²) in [5, 5.41) is 5.10. The number of hydrogen-bond acceptors (Lipinski definition) is 4. The van der Waals surface area contributed by atoms with E-state index in [1.165, 1.54) is 0 Å².